The van der Waals surface area contributed by atoms with Gasteiger partial charge in [-0.05, 0) is 55.2 Å². The maximum Gasteiger partial charge on any atom is 0.227 e. The average Bonchev–Trinajstić information content (AvgIpc) is 2.80. The lowest BCUT2D eigenvalue weighted by Gasteiger charge is -2.13. The van der Waals surface area contributed by atoms with Gasteiger partial charge in [-0.2, -0.15) is 0 Å². The van der Waals surface area contributed by atoms with Crippen LogP contribution < -0.4 is 15.4 Å². The summed E-state index contributed by atoms with van der Waals surface area (Å²) in [6.45, 7) is 1.08. The number of benzene rings is 2. The van der Waals surface area contributed by atoms with E-state index in [0.717, 1.165) is 31.0 Å². The number of ether oxygens (including phenoxy) is 1. The lowest BCUT2D eigenvalue weighted by molar-refractivity contribution is 0.306. The van der Waals surface area contributed by atoms with Gasteiger partial charge in [0.05, 0.1) is 24.2 Å². The van der Waals surface area contributed by atoms with E-state index in [-0.39, 0.29) is 17.4 Å². The molecule has 1 aliphatic heterocycles. The topological polar surface area (TPSA) is 88.5 Å². The van der Waals surface area contributed by atoms with E-state index in [0.29, 0.717) is 35.8 Å². The summed E-state index contributed by atoms with van der Waals surface area (Å²) in [5.74, 6) is 0.0150. The third-order valence-electron chi connectivity index (χ3n) is 5.43. The molecule has 1 atom stereocenters. The van der Waals surface area contributed by atoms with Crippen molar-refractivity contribution >= 4 is 27.1 Å². The zero-order valence-corrected chi connectivity index (χ0v) is 19.9. The molecule has 0 aliphatic carbocycles. The summed E-state index contributed by atoms with van der Waals surface area (Å²) in [5, 5.41) is 6.17. The second-order valence-electron chi connectivity index (χ2n) is 8.20. The molecule has 10 heteroatoms. The number of nitrogens with one attached hydrogen (secondary N) is 2. The van der Waals surface area contributed by atoms with Crippen LogP contribution in [0.2, 0.25) is 0 Å². The number of aromatic nitrogens is 2. The highest BCUT2D eigenvalue weighted by molar-refractivity contribution is 7.92. The molecule has 34 heavy (non-hydrogen) atoms. The predicted molar refractivity (Wildman–Crippen MR) is 131 cm³/mol. The smallest absolute Gasteiger partial charge is 0.227 e. The van der Waals surface area contributed by atoms with Crippen molar-refractivity contribution in [2.45, 2.75) is 25.0 Å². The number of hydrogen-bond acceptors (Lipinski definition) is 7. The molecule has 0 saturated heterocycles. The summed E-state index contributed by atoms with van der Waals surface area (Å²) < 4.78 is 51.4. The van der Waals surface area contributed by atoms with E-state index >= 15 is 0 Å². The Labute approximate surface area is 198 Å². The van der Waals surface area contributed by atoms with Crippen LogP contribution in [0.3, 0.4) is 0 Å². The zero-order valence-electron chi connectivity index (χ0n) is 19.1. The fraction of sp³-hybridized carbons (Fsp3) is 0.333. The maximum atomic E-state index is 14.6. The van der Waals surface area contributed by atoms with Gasteiger partial charge in [-0.25, -0.2) is 27.3 Å². The van der Waals surface area contributed by atoms with E-state index in [1.165, 1.54) is 19.2 Å². The first-order valence-electron chi connectivity index (χ1n) is 11.0. The van der Waals surface area contributed by atoms with Gasteiger partial charge in [-0.3, -0.25) is 0 Å². The van der Waals surface area contributed by atoms with Crippen LogP contribution in [0.5, 0.6) is 5.75 Å². The summed E-state index contributed by atoms with van der Waals surface area (Å²) in [6.07, 6.45) is 5.21. The fourth-order valence-corrected chi connectivity index (χ4v) is 4.57. The molecule has 0 amide bonds. The Morgan fingerprint density at radius 2 is 1.97 bits per heavy atom. The molecule has 0 fully saturated rings. The van der Waals surface area contributed by atoms with Crippen LogP contribution in [0, 0.1) is 11.6 Å². The monoisotopic (exact) mass is 487 g/mol. The van der Waals surface area contributed by atoms with Crippen LogP contribution in [-0.2, 0) is 15.5 Å². The number of rotatable bonds is 2. The van der Waals surface area contributed by atoms with E-state index in [1.54, 1.807) is 18.4 Å². The minimum atomic E-state index is -2.38. The van der Waals surface area contributed by atoms with E-state index in [2.05, 4.69) is 25.0 Å². The van der Waals surface area contributed by atoms with Crippen molar-refractivity contribution in [1.29, 1.82) is 0 Å². The molecule has 0 spiro atoms. The minimum absolute atomic E-state index is 0.0545. The van der Waals surface area contributed by atoms with Crippen LogP contribution in [0.4, 0.5) is 26.1 Å². The molecule has 4 rings (SSSR count). The number of nitrogens with zero attached hydrogens (tertiary/aromatic N) is 3. The van der Waals surface area contributed by atoms with Crippen LogP contribution >= 0.6 is 0 Å². The number of halogens is 2. The Morgan fingerprint density at radius 3 is 2.79 bits per heavy atom. The van der Waals surface area contributed by atoms with Crippen molar-refractivity contribution < 1.29 is 17.7 Å². The van der Waals surface area contributed by atoms with Crippen LogP contribution in [0.25, 0.3) is 11.3 Å². The molecule has 1 unspecified atom stereocenters. The summed E-state index contributed by atoms with van der Waals surface area (Å²) in [5.41, 5.74) is 2.18. The maximum absolute atomic E-state index is 14.6. The second-order valence-corrected chi connectivity index (χ2v) is 10.8. The predicted octanol–water partition coefficient (Wildman–Crippen LogP) is 5.37. The molecule has 2 N–H and O–H groups in total. The molecule has 1 aromatic heterocycles. The van der Waals surface area contributed by atoms with Gasteiger partial charge in [-0.1, -0.05) is 0 Å². The Morgan fingerprint density at radius 1 is 1.12 bits per heavy atom. The first kappa shape index (κ1) is 23.9. The molecule has 0 radical (unpaired) electrons. The summed E-state index contributed by atoms with van der Waals surface area (Å²) >= 11 is 0. The highest BCUT2D eigenvalue weighted by Crippen LogP contribution is 2.29. The van der Waals surface area contributed by atoms with Crippen LogP contribution in [-0.4, -0.2) is 40.6 Å². The molecule has 180 valence electrons. The SMILES string of the molecule is CN=S(C)(=O)Cc1cc2cc(c1)OCCCCCNc1cc(ccc1F)-c1nc(ncc1F)N2. The number of anilines is 3. The Bertz CT molecular complexity index is 1310. The van der Waals surface area contributed by atoms with Crippen molar-refractivity contribution in [3.05, 3.63) is 59.8 Å². The second kappa shape index (κ2) is 10.3. The van der Waals surface area contributed by atoms with Gasteiger partial charge in [0, 0.05) is 46.9 Å². The van der Waals surface area contributed by atoms with Crippen LogP contribution in [0.1, 0.15) is 24.8 Å². The van der Waals surface area contributed by atoms with Crippen molar-refractivity contribution in [3.63, 3.8) is 0 Å². The van der Waals surface area contributed by atoms with Gasteiger partial charge in [0.2, 0.25) is 5.95 Å². The van der Waals surface area contributed by atoms with Gasteiger partial charge < -0.3 is 15.4 Å². The third kappa shape index (κ3) is 5.99. The minimum Gasteiger partial charge on any atom is -0.494 e. The van der Waals surface area contributed by atoms with Crippen molar-refractivity contribution in [3.8, 4) is 17.0 Å². The quantitative estimate of drug-likeness (QED) is 0.505. The molecule has 7 nitrogen and oxygen atoms in total. The molecular formula is C24H27F2N5O2S. The van der Waals surface area contributed by atoms with E-state index in [4.69, 9.17) is 4.74 Å². The molecule has 6 bridgehead atoms. The fourth-order valence-electron chi connectivity index (χ4n) is 3.66. The van der Waals surface area contributed by atoms with E-state index in [9.17, 15) is 13.0 Å². The lowest BCUT2D eigenvalue weighted by atomic mass is 10.1. The Hall–Kier alpha value is -3.27. The molecule has 3 aromatic rings. The van der Waals surface area contributed by atoms with Crippen LogP contribution in [0.15, 0.2) is 47.0 Å². The molecule has 0 saturated carbocycles. The summed E-state index contributed by atoms with van der Waals surface area (Å²) in [6, 6.07) is 9.80. The largest absolute Gasteiger partial charge is 0.494 e. The Balaban J connectivity index is 1.75. The lowest BCUT2D eigenvalue weighted by Crippen LogP contribution is -2.05. The van der Waals surface area contributed by atoms with Crippen molar-refractivity contribution in [2.24, 2.45) is 4.36 Å². The van der Waals surface area contributed by atoms with Crippen molar-refractivity contribution in [2.75, 3.05) is 37.1 Å². The molecule has 2 aromatic carbocycles. The zero-order chi connectivity index (χ0) is 24.1. The first-order chi connectivity index (χ1) is 16.3. The third-order valence-corrected chi connectivity index (χ3v) is 7.07. The van der Waals surface area contributed by atoms with E-state index in [1.807, 2.05) is 12.1 Å². The normalized spacial score (nSPS) is 15.6. The van der Waals surface area contributed by atoms with Gasteiger partial charge in [0.25, 0.3) is 0 Å². The number of fused-ring (bicyclic) bond motifs is 7. The molecule has 2 heterocycles. The Kier molecular flexibility index (Phi) is 7.26. The van der Waals surface area contributed by atoms with E-state index < -0.39 is 21.4 Å². The molecular weight excluding hydrogens is 460 g/mol. The van der Waals surface area contributed by atoms with Gasteiger partial charge >= 0.3 is 0 Å². The van der Waals surface area contributed by atoms with Gasteiger partial charge in [-0.15, -0.1) is 0 Å². The summed E-state index contributed by atoms with van der Waals surface area (Å²) in [4.78, 5) is 8.39. The van der Waals surface area contributed by atoms with Gasteiger partial charge in [0.15, 0.2) is 5.82 Å². The highest BCUT2D eigenvalue weighted by atomic mass is 32.2. The van der Waals surface area contributed by atoms with Crippen molar-refractivity contribution in [1.82, 2.24) is 9.97 Å². The standard InChI is InChI=1S/C24H27F2N5O2S/c1-27-34(2,32)15-16-10-18-13-19(11-16)33-9-5-3-4-8-28-22-12-17(6-7-20(22)25)23-21(26)14-29-24(30-18)31-23/h6-7,10-14,28H,3-5,8-9,15H2,1-2H3,(H,29,30,31). The molecule has 1 aliphatic rings. The number of hydrogen-bond donors (Lipinski definition) is 2. The van der Waals surface area contributed by atoms with Gasteiger partial charge in [0.1, 0.15) is 17.3 Å². The first-order valence-corrected chi connectivity index (χ1v) is 13.1. The highest BCUT2D eigenvalue weighted by Gasteiger charge is 2.14. The average molecular weight is 488 g/mol. The summed E-state index contributed by atoms with van der Waals surface area (Å²) in [7, 11) is -0.845.